The molecular formula is C79H123Cl2N5O6. The first-order valence-electron chi connectivity index (χ1n) is 35.6. The number of benzene rings is 3. The van der Waals surface area contributed by atoms with E-state index in [4.69, 9.17) is 15.2 Å². The second-order valence-corrected chi connectivity index (χ2v) is 28.9. The molecule has 0 aliphatic heterocycles. The summed E-state index contributed by atoms with van der Waals surface area (Å²) in [6, 6.07) is 36.6. The molecule has 0 heterocycles. The minimum Gasteiger partial charge on any atom is -0.460 e. The van der Waals surface area contributed by atoms with Crippen molar-refractivity contribution >= 4 is 66.5 Å². The van der Waals surface area contributed by atoms with Gasteiger partial charge in [-0.2, -0.15) is 0 Å². The van der Waals surface area contributed by atoms with Crippen molar-refractivity contribution in [2.75, 3.05) is 13.1 Å². The lowest BCUT2D eigenvalue weighted by molar-refractivity contribution is -0.156. The van der Waals surface area contributed by atoms with E-state index in [2.05, 4.69) is 151 Å². The Morgan fingerprint density at radius 3 is 1.21 bits per heavy atom. The number of nitrogens with one attached hydrogen (secondary N) is 4. The number of ether oxygens (including phenoxy) is 2. The van der Waals surface area contributed by atoms with Crippen LogP contribution in [0.3, 0.4) is 0 Å². The topological polar surface area (TPSA) is 161 Å². The molecule has 0 spiro atoms. The fraction of sp³-hybridized carbons (Fsp3) is 0.646. The van der Waals surface area contributed by atoms with Crippen molar-refractivity contribution in [1.29, 1.82) is 0 Å². The normalized spacial score (nSPS) is 24.7. The third kappa shape index (κ3) is 32.3. The van der Waals surface area contributed by atoms with Crippen LogP contribution in [0.2, 0.25) is 0 Å². The summed E-state index contributed by atoms with van der Waals surface area (Å²) < 4.78 is 10.4. The van der Waals surface area contributed by atoms with Gasteiger partial charge in [-0.3, -0.25) is 14.4 Å². The molecule has 13 heteroatoms. The van der Waals surface area contributed by atoms with Crippen LogP contribution in [0.1, 0.15) is 253 Å². The van der Waals surface area contributed by atoms with E-state index in [1.165, 1.54) is 100 Å². The van der Waals surface area contributed by atoms with E-state index in [1.807, 2.05) is 41.5 Å². The van der Waals surface area contributed by atoms with Crippen molar-refractivity contribution in [3.05, 3.63) is 124 Å². The Labute approximate surface area is 569 Å². The van der Waals surface area contributed by atoms with Gasteiger partial charge in [0.15, 0.2) is 0 Å². The second kappa shape index (κ2) is 42.2. The Morgan fingerprint density at radius 1 is 0.489 bits per heavy atom. The number of unbranched alkanes of at least 4 members (excludes halogenated alkanes) is 1. The van der Waals surface area contributed by atoms with Gasteiger partial charge >= 0.3 is 11.9 Å². The Balaban J connectivity index is 0.000000273. The maximum Gasteiger partial charge on any atom is 0.306 e. The van der Waals surface area contributed by atoms with E-state index < -0.39 is 0 Å². The van der Waals surface area contributed by atoms with Gasteiger partial charge in [-0.1, -0.05) is 160 Å². The van der Waals surface area contributed by atoms with E-state index in [1.54, 1.807) is 23.6 Å². The van der Waals surface area contributed by atoms with Crippen LogP contribution < -0.4 is 27.0 Å². The molecule has 6 saturated carbocycles. The number of carbonyl (C=O) groups excluding carboxylic acids is 4. The predicted molar refractivity (Wildman–Crippen MR) is 389 cm³/mol. The molecule has 0 saturated heterocycles. The molecule has 6 N–H and O–H groups in total. The molecule has 0 unspecified atom stereocenters. The molecule has 6 fully saturated rings. The Hall–Kier alpha value is -4.46. The van der Waals surface area contributed by atoms with E-state index in [0.717, 1.165) is 88.6 Å². The lowest BCUT2D eigenvalue weighted by atomic mass is 9.83. The molecule has 9 rings (SSSR count). The van der Waals surface area contributed by atoms with Crippen molar-refractivity contribution in [3.63, 3.8) is 0 Å². The molecule has 0 amide bonds. The van der Waals surface area contributed by atoms with Crippen LogP contribution in [-0.2, 0) is 28.7 Å². The molecule has 6 aliphatic rings. The zero-order valence-corrected chi connectivity index (χ0v) is 60.0. The van der Waals surface area contributed by atoms with Crippen molar-refractivity contribution in [2.24, 2.45) is 29.4 Å². The fourth-order valence-corrected chi connectivity index (χ4v) is 13.5. The smallest absolute Gasteiger partial charge is 0.306 e. The molecule has 3 aromatic rings. The average Bonchev–Trinajstić information content (AvgIpc) is 1.71. The highest BCUT2D eigenvalue weighted by molar-refractivity contribution is 5.85. The van der Waals surface area contributed by atoms with Crippen LogP contribution in [0.5, 0.6) is 0 Å². The molecule has 0 radical (unpaired) electrons. The number of halogens is 2. The highest BCUT2D eigenvalue weighted by atomic mass is 35.5. The predicted octanol–water partition coefficient (Wildman–Crippen LogP) is 17.5. The minimum absolute atomic E-state index is 0. The molecule has 11 nitrogen and oxygen atoms in total. The molecule has 0 bridgehead atoms. The second-order valence-electron chi connectivity index (χ2n) is 28.9. The summed E-state index contributed by atoms with van der Waals surface area (Å²) in [7, 11) is 0. The van der Waals surface area contributed by atoms with Crippen molar-refractivity contribution in [3.8, 4) is 0 Å². The number of Topliss-reactive ketones (excluding diaryl/α,β-unsaturated/α-hetero) is 2. The van der Waals surface area contributed by atoms with Crippen molar-refractivity contribution < 1.29 is 28.7 Å². The Bertz CT molecular complexity index is 2660. The van der Waals surface area contributed by atoms with Gasteiger partial charge < -0.3 is 41.3 Å². The van der Waals surface area contributed by atoms with Gasteiger partial charge in [0.25, 0.3) is 0 Å². The van der Waals surface area contributed by atoms with Crippen LogP contribution in [0.4, 0.5) is 0 Å². The first kappa shape index (κ1) is 80.0. The zero-order valence-electron chi connectivity index (χ0n) is 58.4. The lowest BCUT2D eigenvalue weighted by Crippen LogP contribution is -2.41. The average molecular weight is 1310 g/mol. The highest BCUT2D eigenvalue weighted by Gasteiger charge is 2.43. The SMILES string of the molecule is CC(C)(C)OC(=O)CCCN.CC/C(=C\c1ccccc1)[C@@H]1C[C@H]1NC1CCC(=O)CC1.CC/C(=C\c1ccccc1)[C@@H]1C[C@H]1NC1CCC(CCCCC(C)=O)CC1.CC/C(=C\c1ccccc1)[C@@H]1C[C@H]1NC1CCC(NCCCC(=O)OC(C)(C)C)CC1.Cl.Cl. The first-order valence-corrected chi connectivity index (χ1v) is 35.6. The van der Waals surface area contributed by atoms with Gasteiger partial charge in [0.05, 0.1) is 0 Å². The Morgan fingerprint density at radius 2 is 0.848 bits per heavy atom. The molecule has 0 aromatic heterocycles. The van der Waals surface area contributed by atoms with Gasteiger partial charge in [-0.25, -0.2) is 0 Å². The van der Waals surface area contributed by atoms with Gasteiger partial charge in [0, 0.05) is 74.4 Å². The van der Waals surface area contributed by atoms with Gasteiger partial charge in [0.2, 0.25) is 0 Å². The highest BCUT2D eigenvalue weighted by Crippen LogP contribution is 2.43. The third-order valence-corrected chi connectivity index (χ3v) is 18.8. The maximum atomic E-state index is 11.8. The number of rotatable bonds is 28. The number of nitrogens with two attached hydrogens (primary N) is 1. The summed E-state index contributed by atoms with van der Waals surface area (Å²) in [6.07, 6.45) is 35.3. The molecule has 6 atom stereocenters. The van der Waals surface area contributed by atoms with Gasteiger partial charge in [-0.15, -0.1) is 24.8 Å². The van der Waals surface area contributed by atoms with E-state index in [-0.39, 0.29) is 48.0 Å². The van der Waals surface area contributed by atoms with Crippen LogP contribution in [-0.4, -0.2) is 90.1 Å². The summed E-state index contributed by atoms with van der Waals surface area (Å²) >= 11 is 0. The molecule has 92 heavy (non-hydrogen) atoms. The summed E-state index contributed by atoms with van der Waals surface area (Å²) in [5, 5.41) is 15.3. The van der Waals surface area contributed by atoms with Crippen LogP contribution in [0.15, 0.2) is 108 Å². The summed E-state index contributed by atoms with van der Waals surface area (Å²) in [6.45, 7) is 21.3. The monoisotopic (exact) mass is 1310 g/mol. The van der Waals surface area contributed by atoms with Crippen molar-refractivity contribution in [2.45, 2.75) is 290 Å². The van der Waals surface area contributed by atoms with Crippen LogP contribution >= 0.6 is 24.8 Å². The molecule has 6 aliphatic carbocycles. The van der Waals surface area contributed by atoms with Gasteiger partial charge in [0.1, 0.15) is 22.8 Å². The molecule has 3 aromatic carbocycles. The quantitative estimate of drug-likeness (QED) is 0.0348. The number of hydrogen-bond acceptors (Lipinski definition) is 11. The van der Waals surface area contributed by atoms with E-state index in [9.17, 15) is 19.2 Å². The minimum atomic E-state index is -0.383. The standard InChI is InChI=1S/C27H42N2O2.C25H37NO.C19H25NO.C8H17NO2.2ClH/c1-5-21(18-20-10-7-6-8-11-20)24-19-25(24)29-23-15-13-22(14-16-23)28-17-9-12-26(30)31-27(2,3)4;1-3-22(17-21-11-5-4-6-12-21)24-18-25(24)26-23-15-13-20(14-16-23)10-8-7-9-19(2)27;1-2-15(12-14-6-4-3-5-7-14)18-13-19(18)20-16-8-10-17(21)11-9-16;1-8(2,3)11-7(10)5-4-6-9;;/h6-8,10-11,18,22-25,28-29H,5,9,12-17,19H2,1-4H3;4-6,11-12,17,20,23-26H,3,7-10,13-16,18H2,1-2H3;3-7,12,16,18-20H,2,8-11,13H2,1H3;4-6,9H2,1-3H3;2*1H/b21-18+;22-17+;15-12+;;;/t22?,23?,24-,25+;20?,23?,24-,25+;18-,19+;;;/m000.../s1. The molecule has 514 valence electrons. The number of esters is 2. The van der Waals surface area contributed by atoms with E-state index in [0.29, 0.717) is 85.5 Å². The Kier molecular flexibility index (Phi) is 36.7. The summed E-state index contributed by atoms with van der Waals surface area (Å²) in [5.41, 5.74) is 13.2. The zero-order chi connectivity index (χ0) is 64.9. The largest absolute Gasteiger partial charge is 0.460 e. The number of carbonyl (C=O) groups is 4. The lowest BCUT2D eigenvalue weighted by Gasteiger charge is -2.30. The van der Waals surface area contributed by atoms with Gasteiger partial charge in [-0.05, 0) is 224 Å². The van der Waals surface area contributed by atoms with Crippen LogP contribution in [0.25, 0.3) is 18.2 Å². The third-order valence-electron chi connectivity index (χ3n) is 18.8. The summed E-state index contributed by atoms with van der Waals surface area (Å²) in [5.74, 6) is 3.60. The number of hydrogen-bond donors (Lipinski definition) is 5. The van der Waals surface area contributed by atoms with Crippen LogP contribution in [0, 0.1) is 23.7 Å². The number of ketones is 2. The van der Waals surface area contributed by atoms with Crippen molar-refractivity contribution in [1.82, 2.24) is 21.3 Å². The van der Waals surface area contributed by atoms with E-state index >= 15 is 0 Å². The first-order chi connectivity index (χ1) is 43.2. The summed E-state index contributed by atoms with van der Waals surface area (Å²) in [4.78, 5) is 45.1. The maximum absolute atomic E-state index is 11.8. The molecular weight excluding hydrogens is 1190 g/mol. The fourth-order valence-electron chi connectivity index (χ4n) is 13.5.